The molecule has 2 aromatic carbocycles. The largest absolute Gasteiger partial charge is 0.458 e. The van der Waals surface area contributed by atoms with Crippen LogP contribution in [0.3, 0.4) is 0 Å². The molecule has 2 unspecified atom stereocenters. The third-order valence-corrected chi connectivity index (χ3v) is 13.0. The van der Waals surface area contributed by atoms with Crippen molar-refractivity contribution in [2.45, 2.75) is 97.1 Å². The molecule has 6 rings (SSSR count). The summed E-state index contributed by atoms with van der Waals surface area (Å²) < 4.78 is 24.5. The molecule has 2 N–H and O–H groups in total. The lowest BCUT2D eigenvalue weighted by Gasteiger charge is -2.43. The van der Waals surface area contributed by atoms with E-state index in [0.29, 0.717) is 22.6 Å². The molecule has 0 bridgehead atoms. The van der Waals surface area contributed by atoms with Crippen LogP contribution in [0.1, 0.15) is 77.3 Å². The molecule has 13 nitrogen and oxygen atoms in total. The van der Waals surface area contributed by atoms with E-state index in [0.717, 1.165) is 16.1 Å². The van der Waals surface area contributed by atoms with E-state index in [9.17, 15) is 24.0 Å². The van der Waals surface area contributed by atoms with Crippen molar-refractivity contribution in [3.63, 3.8) is 0 Å². The molecule has 0 fully saturated rings. The summed E-state index contributed by atoms with van der Waals surface area (Å²) in [6.45, 7) is 15.8. The van der Waals surface area contributed by atoms with Gasteiger partial charge in [-0.25, -0.2) is 19.4 Å². The number of esters is 2. The highest BCUT2D eigenvalue weighted by Gasteiger charge is 2.56. The quantitative estimate of drug-likeness (QED) is 0.111. The minimum atomic E-state index is -2.79. The Labute approximate surface area is 314 Å². The summed E-state index contributed by atoms with van der Waals surface area (Å²) in [5, 5.41) is 6.84. The van der Waals surface area contributed by atoms with E-state index in [1.54, 1.807) is 77.3 Å². The molecule has 0 saturated carbocycles. The minimum absolute atomic E-state index is 0.0502. The van der Waals surface area contributed by atoms with Crippen LogP contribution in [0.4, 0.5) is 15.3 Å². The number of nitrogens with one attached hydrogen (secondary N) is 2. The van der Waals surface area contributed by atoms with E-state index in [1.807, 2.05) is 49.5 Å². The molecular formula is C40H46N4O9Si. The maximum absolute atomic E-state index is 14.9. The molecule has 14 heteroatoms. The molecule has 0 spiro atoms. The summed E-state index contributed by atoms with van der Waals surface area (Å²) in [7, 11) is -2.79. The van der Waals surface area contributed by atoms with E-state index in [1.165, 1.54) is 0 Å². The highest BCUT2D eigenvalue weighted by Crippen LogP contribution is 2.46. The molecule has 284 valence electrons. The summed E-state index contributed by atoms with van der Waals surface area (Å²) >= 11 is 0. The van der Waals surface area contributed by atoms with Crippen LogP contribution in [0.15, 0.2) is 65.5 Å². The number of cyclic esters (lactones) is 1. The van der Waals surface area contributed by atoms with Crippen LogP contribution < -0.4 is 21.4 Å². The van der Waals surface area contributed by atoms with Gasteiger partial charge < -0.3 is 28.8 Å². The average Bonchev–Trinajstić information content (AvgIpc) is 3.43. The van der Waals surface area contributed by atoms with Crippen LogP contribution in [0.5, 0.6) is 0 Å². The molecule has 2 aromatic heterocycles. The Hall–Kier alpha value is -5.50. The van der Waals surface area contributed by atoms with Crippen LogP contribution in [-0.4, -0.2) is 59.5 Å². The van der Waals surface area contributed by atoms with Gasteiger partial charge in [-0.3, -0.25) is 14.9 Å². The number of carbonyl (C=O) groups is 4. The zero-order valence-corrected chi connectivity index (χ0v) is 33.0. The molecule has 2 amide bonds. The average molecular weight is 755 g/mol. The smallest absolute Gasteiger partial charge is 0.412 e. The van der Waals surface area contributed by atoms with Crippen molar-refractivity contribution in [2.75, 3.05) is 11.9 Å². The number of anilines is 1. The Morgan fingerprint density at radius 3 is 2.26 bits per heavy atom. The lowest BCUT2D eigenvalue weighted by Crippen LogP contribution is -2.57. The third kappa shape index (κ3) is 7.34. The van der Waals surface area contributed by atoms with Gasteiger partial charge in [0.15, 0.2) is 0 Å². The van der Waals surface area contributed by atoms with Crippen LogP contribution in [0.2, 0.25) is 13.1 Å². The number of alkyl carbamates (subject to hydrolysis) is 1. The predicted octanol–water partition coefficient (Wildman–Crippen LogP) is 6.20. The van der Waals surface area contributed by atoms with Crippen molar-refractivity contribution in [3.8, 4) is 11.4 Å². The van der Waals surface area contributed by atoms with E-state index in [-0.39, 0.29) is 29.7 Å². The number of amides is 2. The predicted molar refractivity (Wildman–Crippen MR) is 205 cm³/mol. The Morgan fingerprint density at radius 2 is 1.61 bits per heavy atom. The van der Waals surface area contributed by atoms with E-state index >= 15 is 0 Å². The van der Waals surface area contributed by atoms with Gasteiger partial charge in [0.25, 0.3) is 5.56 Å². The van der Waals surface area contributed by atoms with Gasteiger partial charge in [-0.05, 0) is 78.3 Å². The van der Waals surface area contributed by atoms with Crippen molar-refractivity contribution in [2.24, 2.45) is 0 Å². The summed E-state index contributed by atoms with van der Waals surface area (Å²) in [6, 6.07) is 18.5. The Kier molecular flexibility index (Phi) is 9.72. The van der Waals surface area contributed by atoms with Crippen molar-refractivity contribution in [3.05, 3.63) is 87.7 Å². The summed E-state index contributed by atoms with van der Waals surface area (Å²) in [5.74, 6) is -1.71. The van der Waals surface area contributed by atoms with E-state index in [4.69, 9.17) is 23.9 Å². The number of fused-ring (bicyclic) bond motifs is 5. The molecular weight excluding hydrogens is 709 g/mol. The highest BCUT2D eigenvalue weighted by atomic mass is 28.3. The molecule has 2 atom stereocenters. The number of hydrogen-bond acceptors (Lipinski definition) is 10. The van der Waals surface area contributed by atoms with Crippen molar-refractivity contribution in [1.29, 1.82) is 0 Å². The topological polar surface area (TPSA) is 164 Å². The van der Waals surface area contributed by atoms with Gasteiger partial charge in [0.2, 0.25) is 5.60 Å². The van der Waals surface area contributed by atoms with Gasteiger partial charge in [0.05, 0.1) is 29.0 Å². The summed E-state index contributed by atoms with van der Waals surface area (Å²) in [6.07, 6.45) is -1.47. The van der Waals surface area contributed by atoms with Gasteiger partial charge in [0.1, 0.15) is 31.5 Å². The van der Waals surface area contributed by atoms with Crippen LogP contribution in [0.25, 0.3) is 22.3 Å². The first-order valence-electron chi connectivity index (χ1n) is 17.9. The Morgan fingerprint density at radius 1 is 0.944 bits per heavy atom. The van der Waals surface area contributed by atoms with Gasteiger partial charge in [-0.15, -0.1) is 0 Å². The lowest BCUT2D eigenvalue weighted by atomic mass is 9.85. The maximum Gasteiger partial charge on any atom is 0.412 e. The number of nitrogens with zero attached hydrogens (tertiary/aromatic N) is 2. The van der Waals surface area contributed by atoms with Crippen molar-refractivity contribution in [1.82, 2.24) is 14.9 Å². The van der Waals surface area contributed by atoms with Crippen LogP contribution in [-0.2, 0) is 40.7 Å². The Balaban J connectivity index is 1.45. The SMILES string of the molecule is CCC1(OC(=O)CNC(=O)OC(C)(C)C)C(=O)OC([Si](C)(C)c2ccccc2)c2c1cc1n(c2=O)Cc2cc3cc(NC(=O)OC(C)(C)C)ccc3nc2-1. The second-order valence-electron chi connectivity index (χ2n) is 16.2. The normalized spacial score (nSPS) is 17.8. The number of ether oxygens (including phenoxy) is 4. The Bertz CT molecular complexity index is 2240. The first kappa shape index (κ1) is 38.2. The number of aromatic nitrogens is 2. The number of benzene rings is 2. The lowest BCUT2D eigenvalue weighted by molar-refractivity contribution is -0.190. The fraction of sp³-hybridized carbons (Fsp3) is 0.400. The molecule has 54 heavy (non-hydrogen) atoms. The second-order valence-corrected chi connectivity index (χ2v) is 20.7. The molecule has 0 aliphatic carbocycles. The van der Waals surface area contributed by atoms with Crippen molar-refractivity contribution >= 4 is 54.0 Å². The third-order valence-electron chi connectivity index (χ3n) is 9.43. The monoisotopic (exact) mass is 754 g/mol. The molecule has 0 saturated heterocycles. The summed E-state index contributed by atoms with van der Waals surface area (Å²) in [5.41, 5.74) is -1.40. The number of rotatable bonds is 7. The second kappa shape index (κ2) is 13.7. The molecule has 0 radical (unpaired) electrons. The number of pyridine rings is 2. The number of carbonyl (C=O) groups excluding carboxylic acids is 4. The van der Waals surface area contributed by atoms with Crippen LogP contribution >= 0.6 is 0 Å². The van der Waals surface area contributed by atoms with Gasteiger partial charge in [0, 0.05) is 22.2 Å². The standard InChI is InChI=1S/C40H46N4O9Si/c1-10-40(51-30(45)21-41-36(48)52-38(2,3)4)27-20-29-32-24(18-23-19-25(16-17-28(23)43-32)42-37(49)53-39(5,6)7)22-44(29)33(46)31(27)34(50-35(40)47)54(8,9)26-14-12-11-13-15-26/h11-20,34H,10,21-22H2,1-9H3,(H,41,48)(H,42,49). The minimum Gasteiger partial charge on any atom is -0.458 e. The van der Waals surface area contributed by atoms with Crippen molar-refractivity contribution < 1.29 is 38.1 Å². The molecule has 4 heterocycles. The first-order valence-corrected chi connectivity index (χ1v) is 21.0. The van der Waals surface area contributed by atoms with Gasteiger partial charge >= 0.3 is 24.1 Å². The van der Waals surface area contributed by atoms with Gasteiger partial charge in [-0.2, -0.15) is 0 Å². The van der Waals surface area contributed by atoms with Crippen LogP contribution in [0, 0.1) is 0 Å². The molecule has 4 aromatic rings. The highest BCUT2D eigenvalue weighted by molar-refractivity contribution is 6.90. The summed E-state index contributed by atoms with van der Waals surface area (Å²) in [4.78, 5) is 72.4. The maximum atomic E-state index is 14.9. The zero-order chi connectivity index (χ0) is 39.4. The first-order chi connectivity index (χ1) is 25.2. The van der Waals surface area contributed by atoms with Gasteiger partial charge in [-0.1, -0.05) is 55.5 Å². The van der Waals surface area contributed by atoms with E-state index < -0.39 is 61.3 Å². The van der Waals surface area contributed by atoms with E-state index in [2.05, 4.69) is 10.6 Å². The zero-order valence-electron chi connectivity index (χ0n) is 32.0. The number of hydrogen-bond donors (Lipinski definition) is 2. The molecule has 2 aliphatic heterocycles. The fourth-order valence-corrected chi connectivity index (χ4v) is 9.68. The fourth-order valence-electron chi connectivity index (χ4n) is 6.93. The molecule has 2 aliphatic rings.